The number of hydrogen-bond donors (Lipinski definition) is 0. The predicted octanol–water partition coefficient (Wildman–Crippen LogP) is 8.85. The second-order valence-corrected chi connectivity index (χ2v) is 7.71. The Kier molecular flexibility index (Phi) is 19.6. The maximum atomic E-state index is 3.78. The molecule has 0 saturated carbocycles. The highest BCUT2D eigenvalue weighted by atomic mass is 14.1. The summed E-state index contributed by atoms with van der Waals surface area (Å²) in [7, 11) is 0. The molecule has 0 rings (SSSR count). The monoisotopic (exact) mass is 322 g/mol. The molecule has 0 N–H and O–H groups in total. The second kappa shape index (κ2) is 19.8. The minimum Gasteiger partial charge on any atom is -0.103 e. The Balaban J connectivity index is 3.13. The maximum absolute atomic E-state index is 3.78. The molecule has 0 aromatic rings. The van der Waals surface area contributed by atoms with Crippen molar-refractivity contribution in [2.75, 3.05) is 0 Å². The lowest BCUT2D eigenvalue weighted by Crippen LogP contribution is -1.95. The van der Waals surface area contributed by atoms with E-state index in [1.54, 1.807) is 0 Å². The van der Waals surface area contributed by atoms with Crippen molar-refractivity contribution in [2.45, 2.75) is 129 Å². The van der Waals surface area contributed by atoms with Crippen LogP contribution in [0.4, 0.5) is 0 Å². The van der Waals surface area contributed by atoms with Crippen LogP contribution in [0.5, 0.6) is 0 Å². The summed E-state index contributed by atoms with van der Waals surface area (Å²) >= 11 is 0. The normalized spacial score (nSPS) is 12.4. The molecule has 0 aliphatic carbocycles. The fourth-order valence-corrected chi connectivity index (χ4v) is 3.44. The lowest BCUT2D eigenvalue weighted by atomic mass is 9.96. The van der Waals surface area contributed by atoms with Gasteiger partial charge in [-0.25, -0.2) is 0 Å². The maximum Gasteiger partial charge on any atom is -0.0353 e. The SMILES string of the molecule is C=CCCCCCCCCC(C)CCCCCCCCCCC. The van der Waals surface area contributed by atoms with Crippen molar-refractivity contribution in [2.24, 2.45) is 5.92 Å². The molecule has 0 nitrogen and oxygen atoms in total. The highest BCUT2D eigenvalue weighted by molar-refractivity contribution is 4.65. The summed E-state index contributed by atoms with van der Waals surface area (Å²) in [4.78, 5) is 0. The lowest BCUT2D eigenvalue weighted by Gasteiger charge is -2.11. The van der Waals surface area contributed by atoms with Gasteiger partial charge >= 0.3 is 0 Å². The van der Waals surface area contributed by atoms with Gasteiger partial charge in [0.1, 0.15) is 0 Å². The Morgan fingerprint density at radius 2 is 1.00 bits per heavy atom. The van der Waals surface area contributed by atoms with E-state index in [-0.39, 0.29) is 0 Å². The topological polar surface area (TPSA) is 0 Å². The molecule has 0 aliphatic rings. The number of allylic oxidation sites excluding steroid dienone is 1. The van der Waals surface area contributed by atoms with Crippen molar-refractivity contribution in [3.05, 3.63) is 12.7 Å². The van der Waals surface area contributed by atoms with E-state index < -0.39 is 0 Å². The van der Waals surface area contributed by atoms with Gasteiger partial charge in [0, 0.05) is 0 Å². The zero-order valence-electron chi connectivity index (χ0n) is 16.6. The van der Waals surface area contributed by atoms with E-state index in [0.717, 1.165) is 5.92 Å². The smallest absolute Gasteiger partial charge is 0.0353 e. The van der Waals surface area contributed by atoms with Crippen LogP contribution in [0, 0.1) is 5.92 Å². The van der Waals surface area contributed by atoms with Gasteiger partial charge in [0.25, 0.3) is 0 Å². The van der Waals surface area contributed by atoms with Crippen LogP contribution in [0.25, 0.3) is 0 Å². The number of rotatable bonds is 19. The van der Waals surface area contributed by atoms with Crippen LogP contribution in [0.15, 0.2) is 12.7 Å². The van der Waals surface area contributed by atoms with Crippen molar-refractivity contribution >= 4 is 0 Å². The van der Waals surface area contributed by atoms with Crippen LogP contribution < -0.4 is 0 Å². The third-order valence-corrected chi connectivity index (χ3v) is 5.16. The van der Waals surface area contributed by atoms with Crippen LogP contribution in [0.2, 0.25) is 0 Å². The molecular weight excluding hydrogens is 276 g/mol. The Morgan fingerprint density at radius 1 is 0.609 bits per heavy atom. The van der Waals surface area contributed by atoms with E-state index >= 15 is 0 Å². The number of unbranched alkanes of at least 4 members (excludes halogenated alkanes) is 14. The van der Waals surface area contributed by atoms with E-state index in [1.807, 2.05) is 6.08 Å². The first-order chi connectivity index (χ1) is 11.3. The lowest BCUT2D eigenvalue weighted by molar-refractivity contribution is 0.430. The molecule has 138 valence electrons. The highest BCUT2D eigenvalue weighted by Crippen LogP contribution is 2.18. The second-order valence-electron chi connectivity index (χ2n) is 7.71. The van der Waals surface area contributed by atoms with Crippen LogP contribution in [0.1, 0.15) is 129 Å². The van der Waals surface area contributed by atoms with Crippen molar-refractivity contribution in [3.8, 4) is 0 Å². The van der Waals surface area contributed by atoms with Crippen LogP contribution in [-0.2, 0) is 0 Å². The average molecular weight is 323 g/mol. The van der Waals surface area contributed by atoms with E-state index in [2.05, 4.69) is 20.4 Å². The first kappa shape index (κ1) is 22.7. The fourth-order valence-electron chi connectivity index (χ4n) is 3.44. The standard InChI is InChI=1S/C23H46/c1-4-6-8-10-12-14-16-18-20-22-23(3)21-19-17-15-13-11-9-7-5-2/h5,23H,2,4,6-22H2,1,3H3. The summed E-state index contributed by atoms with van der Waals surface area (Å²) in [6, 6.07) is 0. The van der Waals surface area contributed by atoms with Crippen molar-refractivity contribution < 1.29 is 0 Å². The average Bonchev–Trinajstić information content (AvgIpc) is 2.56. The molecule has 1 atom stereocenters. The van der Waals surface area contributed by atoms with Crippen molar-refractivity contribution in [1.29, 1.82) is 0 Å². The molecule has 0 heteroatoms. The van der Waals surface area contributed by atoms with Gasteiger partial charge < -0.3 is 0 Å². The first-order valence-electron chi connectivity index (χ1n) is 10.9. The molecular formula is C23H46. The van der Waals surface area contributed by atoms with Gasteiger partial charge in [0.15, 0.2) is 0 Å². The highest BCUT2D eigenvalue weighted by Gasteiger charge is 2.02. The largest absolute Gasteiger partial charge is 0.103 e. The van der Waals surface area contributed by atoms with Gasteiger partial charge in [-0.05, 0) is 18.8 Å². The molecule has 1 unspecified atom stereocenters. The minimum atomic E-state index is 0.959. The van der Waals surface area contributed by atoms with Gasteiger partial charge in [-0.15, -0.1) is 6.58 Å². The zero-order valence-corrected chi connectivity index (χ0v) is 16.6. The van der Waals surface area contributed by atoms with E-state index in [9.17, 15) is 0 Å². The molecule has 0 radical (unpaired) electrons. The van der Waals surface area contributed by atoms with Crippen molar-refractivity contribution in [1.82, 2.24) is 0 Å². The molecule has 0 bridgehead atoms. The first-order valence-corrected chi connectivity index (χ1v) is 10.9. The van der Waals surface area contributed by atoms with Gasteiger partial charge in [-0.2, -0.15) is 0 Å². The van der Waals surface area contributed by atoms with Gasteiger partial charge in [-0.3, -0.25) is 0 Å². The molecule has 0 saturated heterocycles. The molecule has 0 fully saturated rings. The molecule has 0 heterocycles. The number of hydrogen-bond acceptors (Lipinski definition) is 0. The molecule has 0 spiro atoms. The van der Waals surface area contributed by atoms with E-state index in [1.165, 1.54) is 116 Å². The molecule has 0 aromatic heterocycles. The van der Waals surface area contributed by atoms with Crippen LogP contribution >= 0.6 is 0 Å². The van der Waals surface area contributed by atoms with E-state index in [4.69, 9.17) is 0 Å². The molecule has 0 aromatic carbocycles. The van der Waals surface area contributed by atoms with Crippen molar-refractivity contribution in [3.63, 3.8) is 0 Å². The Labute approximate surface area is 148 Å². The predicted molar refractivity (Wildman–Crippen MR) is 108 cm³/mol. The van der Waals surface area contributed by atoms with Crippen LogP contribution in [0.3, 0.4) is 0 Å². The Morgan fingerprint density at radius 3 is 1.43 bits per heavy atom. The van der Waals surface area contributed by atoms with Gasteiger partial charge in [0.2, 0.25) is 0 Å². The summed E-state index contributed by atoms with van der Waals surface area (Å²) in [6.07, 6.45) is 27.8. The molecule has 0 aliphatic heterocycles. The Hall–Kier alpha value is -0.260. The summed E-state index contributed by atoms with van der Waals surface area (Å²) < 4.78 is 0. The van der Waals surface area contributed by atoms with Gasteiger partial charge in [-0.1, -0.05) is 123 Å². The van der Waals surface area contributed by atoms with E-state index in [0.29, 0.717) is 0 Å². The van der Waals surface area contributed by atoms with Crippen LogP contribution in [-0.4, -0.2) is 0 Å². The molecule has 23 heavy (non-hydrogen) atoms. The quantitative estimate of drug-likeness (QED) is 0.164. The summed E-state index contributed by atoms with van der Waals surface area (Å²) in [5, 5.41) is 0. The fraction of sp³-hybridized carbons (Fsp3) is 0.913. The Bertz CT molecular complexity index is 218. The zero-order chi connectivity index (χ0) is 17.0. The third kappa shape index (κ3) is 19.7. The minimum absolute atomic E-state index is 0.959. The summed E-state index contributed by atoms with van der Waals surface area (Å²) in [5.41, 5.74) is 0. The third-order valence-electron chi connectivity index (χ3n) is 5.16. The summed E-state index contributed by atoms with van der Waals surface area (Å²) in [6.45, 7) is 8.55. The summed E-state index contributed by atoms with van der Waals surface area (Å²) in [5.74, 6) is 0.959. The molecule has 0 amide bonds. The van der Waals surface area contributed by atoms with Gasteiger partial charge in [0.05, 0.1) is 0 Å².